The van der Waals surface area contributed by atoms with E-state index in [1.165, 1.54) is 38.5 Å². The second-order valence-electron chi connectivity index (χ2n) is 7.04. The normalized spacial score (nSPS) is 21.4. The van der Waals surface area contributed by atoms with Gasteiger partial charge in [0.1, 0.15) is 5.69 Å². The van der Waals surface area contributed by atoms with Gasteiger partial charge in [0.25, 0.3) is 5.91 Å². The van der Waals surface area contributed by atoms with Crippen molar-refractivity contribution in [2.24, 2.45) is 5.41 Å². The summed E-state index contributed by atoms with van der Waals surface area (Å²) in [7, 11) is 0. The van der Waals surface area contributed by atoms with Crippen LogP contribution in [0.15, 0.2) is 16.7 Å². The monoisotopic (exact) mass is 352 g/mol. The minimum Gasteiger partial charge on any atom is -0.340 e. The summed E-state index contributed by atoms with van der Waals surface area (Å²) >= 11 is 3.50. The summed E-state index contributed by atoms with van der Waals surface area (Å²) in [6.07, 6.45) is 9.94. The topological polar surface area (TPSA) is 25.2 Å². The van der Waals surface area contributed by atoms with Crippen LogP contribution < -0.4 is 0 Å². The van der Waals surface area contributed by atoms with Crippen LogP contribution in [0.25, 0.3) is 0 Å². The molecule has 4 heteroatoms. The fourth-order valence-corrected chi connectivity index (χ4v) is 4.45. The average Bonchev–Trinajstić information content (AvgIpc) is 3.06. The van der Waals surface area contributed by atoms with Gasteiger partial charge in [0.15, 0.2) is 0 Å². The molecule has 1 saturated heterocycles. The average molecular weight is 353 g/mol. The number of rotatable bonds is 2. The molecule has 116 valence electrons. The van der Waals surface area contributed by atoms with Gasteiger partial charge < -0.3 is 9.47 Å². The smallest absolute Gasteiger partial charge is 0.270 e. The molecular formula is C17H25BrN2O. The van der Waals surface area contributed by atoms with E-state index in [9.17, 15) is 4.79 Å². The lowest BCUT2D eigenvalue weighted by Gasteiger charge is -2.39. The van der Waals surface area contributed by atoms with Crippen LogP contribution in [0.1, 0.15) is 68.9 Å². The highest BCUT2D eigenvalue weighted by Gasteiger charge is 2.38. The Morgan fingerprint density at radius 1 is 1.19 bits per heavy atom. The molecule has 0 bridgehead atoms. The van der Waals surface area contributed by atoms with Crippen molar-refractivity contribution in [1.82, 2.24) is 9.47 Å². The first kappa shape index (κ1) is 15.1. The Morgan fingerprint density at radius 3 is 2.38 bits per heavy atom. The number of carbonyl (C=O) groups is 1. The Kier molecular flexibility index (Phi) is 4.17. The van der Waals surface area contributed by atoms with Gasteiger partial charge in [-0.2, -0.15) is 0 Å². The molecular weight excluding hydrogens is 328 g/mol. The third-order valence-electron chi connectivity index (χ3n) is 5.37. The Labute approximate surface area is 135 Å². The molecule has 2 fully saturated rings. The maximum atomic E-state index is 12.8. The van der Waals surface area contributed by atoms with Crippen LogP contribution in [0.4, 0.5) is 0 Å². The Balaban J connectivity index is 1.72. The van der Waals surface area contributed by atoms with Gasteiger partial charge in [0.05, 0.1) is 0 Å². The van der Waals surface area contributed by atoms with Crippen molar-refractivity contribution in [1.29, 1.82) is 0 Å². The number of halogens is 1. The molecule has 2 aliphatic rings. The van der Waals surface area contributed by atoms with E-state index in [2.05, 4.69) is 39.2 Å². The maximum absolute atomic E-state index is 12.8. The molecule has 3 rings (SSSR count). The van der Waals surface area contributed by atoms with Gasteiger partial charge in [0, 0.05) is 29.8 Å². The first-order chi connectivity index (χ1) is 10.0. The SMILES string of the molecule is CC(C)n1cc(Br)cc1C(=O)N1CCC2(CCCC2)CC1. The zero-order valence-electron chi connectivity index (χ0n) is 13.1. The molecule has 0 unspecified atom stereocenters. The molecule has 21 heavy (non-hydrogen) atoms. The molecule has 0 aromatic carbocycles. The first-order valence-electron chi connectivity index (χ1n) is 8.17. The van der Waals surface area contributed by atoms with E-state index in [-0.39, 0.29) is 5.91 Å². The van der Waals surface area contributed by atoms with E-state index in [4.69, 9.17) is 0 Å². The van der Waals surface area contributed by atoms with Crippen LogP contribution in [0, 0.1) is 5.41 Å². The van der Waals surface area contributed by atoms with E-state index in [1.807, 2.05) is 12.3 Å². The molecule has 1 spiro atoms. The van der Waals surface area contributed by atoms with Crippen molar-refractivity contribution in [3.8, 4) is 0 Å². The Morgan fingerprint density at radius 2 is 1.81 bits per heavy atom. The lowest BCUT2D eigenvalue weighted by atomic mass is 9.77. The number of amides is 1. The van der Waals surface area contributed by atoms with Crippen LogP contribution >= 0.6 is 15.9 Å². The van der Waals surface area contributed by atoms with E-state index >= 15 is 0 Å². The summed E-state index contributed by atoms with van der Waals surface area (Å²) in [4.78, 5) is 14.9. The molecule has 1 aromatic heterocycles. The number of hydrogen-bond donors (Lipinski definition) is 0. The third kappa shape index (κ3) is 2.92. The van der Waals surface area contributed by atoms with Gasteiger partial charge in [-0.05, 0) is 66.9 Å². The summed E-state index contributed by atoms with van der Waals surface area (Å²) in [6.45, 7) is 6.10. The lowest BCUT2D eigenvalue weighted by Crippen LogP contribution is -2.42. The second-order valence-corrected chi connectivity index (χ2v) is 7.96. The number of carbonyl (C=O) groups excluding carboxylic acids is 1. The lowest BCUT2D eigenvalue weighted by molar-refractivity contribution is 0.0576. The summed E-state index contributed by atoms with van der Waals surface area (Å²) in [5, 5.41) is 0. The fourth-order valence-electron chi connectivity index (χ4n) is 4.02. The minimum atomic E-state index is 0.197. The molecule has 1 aliphatic carbocycles. The molecule has 0 atom stereocenters. The number of hydrogen-bond acceptors (Lipinski definition) is 1. The second kappa shape index (κ2) is 5.79. The highest BCUT2D eigenvalue weighted by Crippen LogP contribution is 2.46. The predicted molar refractivity (Wildman–Crippen MR) is 88.6 cm³/mol. The molecule has 0 N–H and O–H groups in total. The van der Waals surface area contributed by atoms with Crippen LogP contribution in [0.2, 0.25) is 0 Å². The number of likely N-dealkylation sites (tertiary alicyclic amines) is 1. The highest BCUT2D eigenvalue weighted by molar-refractivity contribution is 9.10. The molecule has 1 saturated carbocycles. The molecule has 0 radical (unpaired) electrons. The highest BCUT2D eigenvalue weighted by atomic mass is 79.9. The number of aromatic nitrogens is 1. The van der Waals surface area contributed by atoms with Gasteiger partial charge in [-0.15, -0.1) is 0 Å². The van der Waals surface area contributed by atoms with Crippen molar-refractivity contribution >= 4 is 21.8 Å². The van der Waals surface area contributed by atoms with Gasteiger partial charge >= 0.3 is 0 Å². The molecule has 1 amide bonds. The van der Waals surface area contributed by atoms with E-state index < -0.39 is 0 Å². The zero-order chi connectivity index (χ0) is 15.0. The largest absolute Gasteiger partial charge is 0.340 e. The van der Waals surface area contributed by atoms with Crippen molar-refractivity contribution in [2.75, 3.05) is 13.1 Å². The molecule has 2 heterocycles. The van der Waals surface area contributed by atoms with Crippen molar-refractivity contribution in [2.45, 2.75) is 58.4 Å². The third-order valence-corrected chi connectivity index (χ3v) is 5.80. The van der Waals surface area contributed by atoms with Crippen LogP contribution in [-0.2, 0) is 0 Å². The quantitative estimate of drug-likeness (QED) is 0.761. The van der Waals surface area contributed by atoms with Crippen LogP contribution in [-0.4, -0.2) is 28.5 Å². The summed E-state index contributed by atoms with van der Waals surface area (Å²) in [6, 6.07) is 2.27. The van der Waals surface area contributed by atoms with Crippen LogP contribution in [0.3, 0.4) is 0 Å². The van der Waals surface area contributed by atoms with Crippen LogP contribution in [0.5, 0.6) is 0 Å². The standard InChI is InChI=1S/C17H25BrN2O/c1-13(2)20-12-14(18)11-15(20)16(21)19-9-7-17(8-10-19)5-3-4-6-17/h11-13H,3-10H2,1-2H3. The summed E-state index contributed by atoms with van der Waals surface area (Å²) in [5.41, 5.74) is 1.39. The summed E-state index contributed by atoms with van der Waals surface area (Å²) in [5.74, 6) is 0.197. The molecule has 1 aliphatic heterocycles. The van der Waals surface area contributed by atoms with Gasteiger partial charge in [0.2, 0.25) is 0 Å². The maximum Gasteiger partial charge on any atom is 0.270 e. The molecule has 3 nitrogen and oxygen atoms in total. The van der Waals surface area contributed by atoms with Gasteiger partial charge in [-0.1, -0.05) is 12.8 Å². The van der Waals surface area contributed by atoms with Crippen molar-refractivity contribution in [3.05, 3.63) is 22.4 Å². The zero-order valence-corrected chi connectivity index (χ0v) is 14.7. The summed E-state index contributed by atoms with van der Waals surface area (Å²) < 4.78 is 3.07. The fraction of sp³-hybridized carbons (Fsp3) is 0.706. The van der Waals surface area contributed by atoms with Gasteiger partial charge in [-0.25, -0.2) is 0 Å². The van der Waals surface area contributed by atoms with Crippen molar-refractivity contribution in [3.63, 3.8) is 0 Å². The van der Waals surface area contributed by atoms with E-state index in [0.717, 1.165) is 23.3 Å². The first-order valence-corrected chi connectivity index (χ1v) is 8.97. The van der Waals surface area contributed by atoms with E-state index in [1.54, 1.807) is 0 Å². The Hall–Kier alpha value is -0.770. The predicted octanol–water partition coefficient (Wildman–Crippen LogP) is 4.63. The number of piperidine rings is 1. The number of nitrogens with zero attached hydrogens (tertiary/aromatic N) is 2. The van der Waals surface area contributed by atoms with E-state index in [0.29, 0.717) is 11.5 Å². The van der Waals surface area contributed by atoms with Crippen molar-refractivity contribution < 1.29 is 4.79 Å². The molecule has 1 aromatic rings. The minimum absolute atomic E-state index is 0.197. The van der Waals surface area contributed by atoms with Gasteiger partial charge in [-0.3, -0.25) is 4.79 Å². The Bertz CT molecular complexity index is 519.